The first-order valence-corrected chi connectivity index (χ1v) is 8.39. The number of benzene rings is 2. The molecule has 1 heterocycles. The number of aliphatic carboxylic acids is 1. The Kier molecular flexibility index (Phi) is 5.20. The second-order valence-corrected chi connectivity index (χ2v) is 6.14. The molecular weight excluding hydrogens is 336 g/mol. The number of rotatable bonds is 7. The van der Waals surface area contributed by atoms with Gasteiger partial charge in [0.05, 0.1) is 11.0 Å². The Bertz CT molecular complexity index is 914. The van der Waals surface area contributed by atoms with Gasteiger partial charge in [-0.05, 0) is 36.0 Å². The zero-order chi connectivity index (χ0) is 17.6. The summed E-state index contributed by atoms with van der Waals surface area (Å²) in [6.45, 7) is 3.97. The summed E-state index contributed by atoms with van der Waals surface area (Å²) in [4.78, 5) is 19.3. The fourth-order valence-corrected chi connectivity index (χ4v) is 3.02. The van der Waals surface area contributed by atoms with Gasteiger partial charge in [0.15, 0.2) is 5.16 Å². The van der Waals surface area contributed by atoms with Crippen LogP contribution in [-0.2, 0) is 4.79 Å². The number of carboxylic acid groups (broad SMARTS) is 1. The number of H-pyrrole nitrogens is 1. The van der Waals surface area contributed by atoms with E-state index in [-0.39, 0.29) is 4.91 Å². The van der Waals surface area contributed by atoms with Gasteiger partial charge in [0.1, 0.15) is 17.3 Å². The van der Waals surface area contributed by atoms with Crippen molar-refractivity contribution in [3.8, 4) is 5.75 Å². The minimum atomic E-state index is -1.02. The first-order valence-electron chi connectivity index (χ1n) is 7.57. The standard InChI is InChI=1S/C19H16N2O3S/c1-2-11-24-16-10-6-3-7-13(16)12-17(18(22)23)25-19-20-14-8-4-5-9-15(14)21-19/h2-10,12H,1,11H2,(H,20,21)(H,22,23)/b17-12-. The molecule has 3 rings (SSSR count). The van der Waals surface area contributed by atoms with Crippen molar-refractivity contribution in [2.45, 2.75) is 5.16 Å². The van der Waals surface area contributed by atoms with E-state index in [1.165, 1.54) is 0 Å². The molecule has 1 aromatic heterocycles. The zero-order valence-electron chi connectivity index (χ0n) is 13.3. The summed E-state index contributed by atoms with van der Waals surface area (Å²) in [7, 11) is 0. The van der Waals surface area contributed by atoms with Crippen molar-refractivity contribution >= 4 is 34.8 Å². The van der Waals surface area contributed by atoms with Crippen molar-refractivity contribution in [3.63, 3.8) is 0 Å². The molecule has 0 fully saturated rings. The number of aromatic nitrogens is 2. The lowest BCUT2D eigenvalue weighted by molar-refractivity contribution is -0.131. The van der Waals surface area contributed by atoms with Crippen LogP contribution in [-0.4, -0.2) is 27.7 Å². The van der Waals surface area contributed by atoms with Crippen molar-refractivity contribution in [1.29, 1.82) is 0 Å². The molecule has 2 N–H and O–H groups in total. The molecule has 2 aromatic carbocycles. The van der Waals surface area contributed by atoms with Gasteiger partial charge in [-0.1, -0.05) is 43.0 Å². The van der Waals surface area contributed by atoms with E-state index in [4.69, 9.17) is 4.74 Å². The van der Waals surface area contributed by atoms with Crippen LogP contribution in [0, 0.1) is 0 Å². The number of para-hydroxylation sites is 3. The first kappa shape index (κ1) is 16.9. The summed E-state index contributed by atoms with van der Waals surface area (Å²) in [6, 6.07) is 14.8. The normalized spacial score (nSPS) is 11.4. The van der Waals surface area contributed by atoms with Crippen molar-refractivity contribution < 1.29 is 14.6 Å². The van der Waals surface area contributed by atoms with E-state index in [9.17, 15) is 9.90 Å². The summed E-state index contributed by atoms with van der Waals surface area (Å²) in [5.74, 6) is -0.421. The SMILES string of the molecule is C=CCOc1ccccc1/C=C(\Sc1nc2ccccc2[nH]1)C(=O)O. The van der Waals surface area contributed by atoms with Crippen LogP contribution in [0.4, 0.5) is 0 Å². The smallest absolute Gasteiger partial charge is 0.342 e. The molecule has 0 aliphatic carbocycles. The maximum absolute atomic E-state index is 11.7. The summed E-state index contributed by atoms with van der Waals surface area (Å²) in [6.07, 6.45) is 3.22. The Balaban J connectivity index is 1.92. The molecule has 0 aliphatic heterocycles. The van der Waals surface area contributed by atoms with Gasteiger partial charge in [0.2, 0.25) is 0 Å². The molecule has 126 valence electrons. The van der Waals surface area contributed by atoms with Gasteiger partial charge in [0, 0.05) is 5.56 Å². The highest BCUT2D eigenvalue weighted by molar-refractivity contribution is 8.04. The summed E-state index contributed by atoms with van der Waals surface area (Å²) in [5.41, 5.74) is 2.35. The third kappa shape index (κ3) is 4.10. The van der Waals surface area contributed by atoms with Crippen LogP contribution in [0.25, 0.3) is 17.1 Å². The number of imidazole rings is 1. The van der Waals surface area contributed by atoms with Gasteiger partial charge in [-0.25, -0.2) is 9.78 Å². The Morgan fingerprint density at radius 3 is 2.76 bits per heavy atom. The van der Waals surface area contributed by atoms with Gasteiger partial charge in [-0.2, -0.15) is 0 Å². The number of thioether (sulfide) groups is 1. The van der Waals surface area contributed by atoms with E-state index in [0.717, 1.165) is 22.8 Å². The van der Waals surface area contributed by atoms with Crippen LogP contribution >= 0.6 is 11.8 Å². The van der Waals surface area contributed by atoms with Crippen LogP contribution in [0.15, 0.2) is 71.2 Å². The van der Waals surface area contributed by atoms with Crippen molar-refractivity contribution in [2.24, 2.45) is 0 Å². The number of carbonyl (C=O) groups is 1. The Labute approximate surface area is 149 Å². The van der Waals surface area contributed by atoms with Crippen LogP contribution in [0.2, 0.25) is 0 Å². The lowest BCUT2D eigenvalue weighted by Gasteiger charge is -2.07. The molecule has 0 atom stereocenters. The second kappa shape index (κ2) is 7.72. The molecule has 0 saturated carbocycles. The molecule has 0 saturated heterocycles. The van der Waals surface area contributed by atoms with Gasteiger partial charge in [-0.15, -0.1) is 0 Å². The van der Waals surface area contributed by atoms with Crippen molar-refractivity contribution in [2.75, 3.05) is 6.61 Å². The summed E-state index contributed by atoms with van der Waals surface area (Å²) in [5, 5.41) is 10.1. The van der Waals surface area contributed by atoms with E-state index in [0.29, 0.717) is 23.1 Å². The maximum Gasteiger partial charge on any atom is 0.342 e. The highest BCUT2D eigenvalue weighted by Gasteiger charge is 2.14. The Hall–Kier alpha value is -2.99. The van der Waals surface area contributed by atoms with E-state index in [1.54, 1.807) is 24.3 Å². The molecule has 0 spiro atoms. The number of ether oxygens (including phenoxy) is 1. The highest BCUT2D eigenvalue weighted by atomic mass is 32.2. The number of carboxylic acids is 1. The third-order valence-electron chi connectivity index (χ3n) is 3.35. The Morgan fingerprint density at radius 2 is 2.00 bits per heavy atom. The molecule has 0 bridgehead atoms. The van der Waals surface area contributed by atoms with Crippen LogP contribution in [0.5, 0.6) is 5.75 Å². The topological polar surface area (TPSA) is 75.2 Å². The van der Waals surface area contributed by atoms with Crippen LogP contribution < -0.4 is 4.74 Å². The monoisotopic (exact) mass is 352 g/mol. The average Bonchev–Trinajstić information content (AvgIpc) is 3.02. The highest BCUT2D eigenvalue weighted by Crippen LogP contribution is 2.30. The van der Waals surface area contributed by atoms with Gasteiger partial charge in [0.25, 0.3) is 0 Å². The number of nitrogens with one attached hydrogen (secondary N) is 1. The maximum atomic E-state index is 11.7. The van der Waals surface area contributed by atoms with E-state index < -0.39 is 5.97 Å². The number of aromatic amines is 1. The Morgan fingerprint density at radius 1 is 1.24 bits per heavy atom. The molecule has 5 nitrogen and oxygen atoms in total. The molecule has 0 unspecified atom stereocenters. The fraction of sp³-hybridized carbons (Fsp3) is 0.0526. The quantitative estimate of drug-likeness (QED) is 0.376. The molecule has 6 heteroatoms. The van der Waals surface area contributed by atoms with E-state index in [2.05, 4.69) is 16.5 Å². The second-order valence-electron chi connectivity index (χ2n) is 5.11. The molecule has 0 amide bonds. The number of fused-ring (bicyclic) bond motifs is 1. The average molecular weight is 352 g/mol. The number of hydrogen-bond acceptors (Lipinski definition) is 4. The fourth-order valence-electron chi connectivity index (χ4n) is 2.24. The minimum Gasteiger partial charge on any atom is -0.489 e. The van der Waals surface area contributed by atoms with E-state index in [1.807, 2.05) is 36.4 Å². The predicted octanol–water partition coefficient (Wildman–Crippen LogP) is 4.35. The molecule has 25 heavy (non-hydrogen) atoms. The lowest BCUT2D eigenvalue weighted by Crippen LogP contribution is -1.99. The third-order valence-corrected chi connectivity index (χ3v) is 4.25. The number of hydrogen-bond donors (Lipinski definition) is 2. The summed E-state index contributed by atoms with van der Waals surface area (Å²) >= 11 is 1.07. The minimum absolute atomic E-state index is 0.147. The molecule has 0 radical (unpaired) electrons. The van der Waals surface area contributed by atoms with Gasteiger partial charge < -0.3 is 14.8 Å². The van der Waals surface area contributed by atoms with Gasteiger partial charge in [-0.3, -0.25) is 0 Å². The molecule has 3 aromatic rings. The van der Waals surface area contributed by atoms with Gasteiger partial charge >= 0.3 is 5.97 Å². The lowest BCUT2D eigenvalue weighted by atomic mass is 10.2. The first-order chi connectivity index (χ1) is 12.2. The number of nitrogens with zero attached hydrogens (tertiary/aromatic N) is 1. The van der Waals surface area contributed by atoms with Crippen molar-refractivity contribution in [3.05, 3.63) is 71.7 Å². The summed E-state index contributed by atoms with van der Waals surface area (Å²) < 4.78 is 5.58. The predicted molar refractivity (Wildman–Crippen MR) is 99.7 cm³/mol. The molecular formula is C19H16N2O3S. The largest absolute Gasteiger partial charge is 0.489 e. The molecule has 0 aliphatic rings. The van der Waals surface area contributed by atoms with E-state index >= 15 is 0 Å². The zero-order valence-corrected chi connectivity index (χ0v) is 14.1. The van der Waals surface area contributed by atoms with Crippen LogP contribution in [0.3, 0.4) is 0 Å². The van der Waals surface area contributed by atoms with Crippen LogP contribution in [0.1, 0.15) is 5.56 Å². The van der Waals surface area contributed by atoms with Crippen molar-refractivity contribution in [1.82, 2.24) is 9.97 Å².